The van der Waals surface area contributed by atoms with E-state index in [1.165, 1.54) is 25.3 Å². The number of rotatable bonds is 9. The van der Waals surface area contributed by atoms with Gasteiger partial charge in [0.1, 0.15) is 11.4 Å². The maximum atomic E-state index is 12.5. The number of benzene rings is 2. The van der Waals surface area contributed by atoms with Gasteiger partial charge in [0.05, 0.1) is 29.9 Å². The van der Waals surface area contributed by atoms with Crippen LogP contribution in [0.5, 0.6) is 5.75 Å². The predicted molar refractivity (Wildman–Crippen MR) is 127 cm³/mol. The second-order valence-electron chi connectivity index (χ2n) is 7.44. The molecule has 0 unspecified atom stereocenters. The molecule has 0 radical (unpaired) electrons. The van der Waals surface area contributed by atoms with Gasteiger partial charge in [-0.1, -0.05) is 29.5 Å². The number of amides is 2. The van der Waals surface area contributed by atoms with Crippen LogP contribution in [0.3, 0.4) is 0 Å². The van der Waals surface area contributed by atoms with Gasteiger partial charge in [-0.3, -0.25) is 19.7 Å². The molecular weight excluding hydrogens is 460 g/mol. The van der Waals surface area contributed by atoms with Crippen LogP contribution in [0.2, 0.25) is 0 Å². The van der Waals surface area contributed by atoms with Crippen LogP contribution in [-0.2, 0) is 11.8 Å². The van der Waals surface area contributed by atoms with Crippen molar-refractivity contribution < 1.29 is 19.2 Å². The highest BCUT2D eigenvalue weighted by Gasteiger charge is 2.20. The average molecular weight is 485 g/mol. The number of hydrogen-bond acceptors (Lipinski definition) is 8. The lowest BCUT2D eigenvalue weighted by molar-refractivity contribution is -0.384. The van der Waals surface area contributed by atoms with Gasteiger partial charge in [-0.15, -0.1) is 10.2 Å². The molecule has 2 N–H and O–H groups in total. The molecule has 0 saturated carbocycles. The first kappa shape index (κ1) is 24.7. The molecule has 0 bridgehead atoms. The van der Waals surface area contributed by atoms with Crippen molar-refractivity contribution in [2.45, 2.75) is 25.0 Å². The Bertz CT molecular complexity index is 1210. The number of aromatic nitrogens is 3. The Morgan fingerprint density at radius 1 is 1.21 bits per heavy atom. The summed E-state index contributed by atoms with van der Waals surface area (Å²) in [6.45, 7) is 3.74. The van der Waals surface area contributed by atoms with E-state index in [1.54, 1.807) is 30.7 Å². The molecule has 3 rings (SSSR count). The number of carbonyl (C=O) groups is 2. The summed E-state index contributed by atoms with van der Waals surface area (Å²) in [6.07, 6.45) is 0. The Labute approximate surface area is 200 Å². The number of hydrogen-bond donors (Lipinski definition) is 2. The van der Waals surface area contributed by atoms with Crippen molar-refractivity contribution in [2.24, 2.45) is 7.05 Å². The van der Waals surface area contributed by atoms with Crippen molar-refractivity contribution >= 4 is 35.0 Å². The maximum absolute atomic E-state index is 12.5. The summed E-state index contributed by atoms with van der Waals surface area (Å²) in [5.74, 6) is 0.122. The number of aryl methyl sites for hydroxylation is 1. The van der Waals surface area contributed by atoms with E-state index >= 15 is 0 Å². The van der Waals surface area contributed by atoms with Crippen molar-refractivity contribution in [2.75, 3.05) is 18.2 Å². The third-order valence-electron chi connectivity index (χ3n) is 4.93. The zero-order chi connectivity index (χ0) is 24.8. The molecular formula is C22H24N6O5S. The number of nitrogens with one attached hydrogen (secondary N) is 2. The van der Waals surface area contributed by atoms with E-state index in [0.29, 0.717) is 22.3 Å². The zero-order valence-corrected chi connectivity index (χ0v) is 19.9. The van der Waals surface area contributed by atoms with Gasteiger partial charge in [0.25, 0.3) is 11.6 Å². The fourth-order valence-corrected chi connectivity index (χ4v) is 3.81. The van der Waals surface area contributed by atoms with Gasteiger partial charge in [-0.05, 0) is 38.1 Å². The smallest absolute Gasteiger partial charge is 0.296 e. The van der Waals surface area contributed by atoms with Gasteiger partial charge in [-0.2, -0.15) is 0 Å². The van der Waals surface area contributed by atoms with Gasteiger partial charge >= 0.3 is 0 Å². The lowest BCUT2D eigenvalue weighted by Gasteiger charge is -2.13. The molecule has 2 amide bonds. The first-order chi connectivity index (χ1) is 16.2. The minimum absolute atomic E-state index is 0.0424. The van der Waals surface area contributed by atoms with Crippen LogP contribution in [0.15, 0.2) is 47.6 Å². The van der Waals surface area contributed by atoms with Crippen molar-refractivity contribution in [3.63, 3.8) is 0 Å². The Morgan fingerprint density at radius 3 is 2.56 bits per heavy atom. The van der Waals surface area contributed by atoms with Gasteiger partial charge in [0.2, 0.25) is 5.91 Å². The number of nitro groups is 1. The molecule has 178 valence electrons. The van der Waals surface area contributed by atoms with Crippen LogP contribution < -0.4 is 15.4 Å². The zero-order valence-electron chi connectivity index (χ0n) is 19.1. The standard InChI is InChI=1S/C22H24N6O5S/c1-13-5-7-15(8-6-13)21(30)23-14(2)20-25-26-22(27(20)3)34-12-19(29)24-17-10-9-16(33-4)11-18(17)28(31)32/h5-11,14H,12H2,1-4H3,(H,23,30)(H,24,29)/t14-/m1/s1. The van der Waals surface area contributed by atoms with Gasteiger partial charge < -0.3 is 19.9 Å². The summed E-state index contributed by atoms with van der Waals surface area (Å²) in [5, 5.41) is 25.4. The molecule has 0 saturated heterocycles. The van der Waals surface area contributed by atoms with Crippen molar-refractivity contribution in [3.05, 3.63) is 69.5 Å². The molecule has 3 aromatic rings. The molecule has 34 heavy (non-hydrogen) atoms. The number of thioether (sulfide) groups is 1. The first-order valence-electron chi connectivity index (χ1n) is 10.2. The van der Waals surface area contributed by atoms with E-state index in [-0.39, 0.29) is 23.0 Å². The second-order valence-corrected chi connectivity index (χ2v) is 8.38. The van der Waals surface area contributed by atoms with Gasteiger partial charge in [0.15, 0.2) is 11.0 Å². The number of methoxy groups -OCH3 is 1. The highest BCUT2D eigenvalue weighted by atomic mass is 32.2. The monoisotopic (exact) mass is 484 g/mol. The Kier molecular flexibility index (Phi) is 7.84. The van der Waals surface area contributed by atoms with E-state index in [0.717, 1.165) is 17.3 Å². The lowest BCUT2D eigenvalue weighted by Crippen LogP contribution is -2.28. The first-order valence-corrected chi connectivity index (χ1v) is 11.2. The normalized spacial score (nSPS) is 11.5. The molecule has 0 aliphatic heterocycles. The number of ether oxygens (including phenoxy) is 1. The van der Waals surface area contributed by atoms with Crippen LogP contribution in [-0.4, -0.2) is 44.4 Å². The topological polar surface area (TPSA) is 141 Å². The fourth-order valence-electron chi connectivity index (χ4n) is 3.09. The van der Waals surface area contributed by atoms with Crippen LogP contribution in [0.4, 0.5) is 11.4 Å². The molecule has 0 aliphatic carbocycles. The van der Waals surface area contributed by atoms with Gasteiger partial charge in [0, 0.05) is 12.6 Å². The molecule has 1 aromatic heterocycles. The largest absolute Gasteiger partial charge is 0.496 e. The Hall–Kier alpha value is -3.93. The third kappa shape index (κ3) is 5.90. The van der Waals surface area contributed by atoms with Gasteiger partial charge in [-0.25, -0.2) is 0 Å². The quantitative estimate of drug-likeness (QED) is 0.268. The molecule has 11 nitrogen and oxygen atoms in total. The lowest BCUT2D eigenvalue weighted by atomic mass is 10.1. The Balaban J connectivity index is 1.61. The van der Waals surface area contributed by atoms with Crippen molar-refractivity contribution in [1.82, 2.24) is 20.1 Å². The van der Waals surface area contributed by atoms with E-state index in [9.17, 15) is 19.7 Å². The highest BCUT2D eigenvalue weighted by Crippen LogP contribution is 2.29. The molecule has 1 heterocycles. The van der Waals surface area contributed by atoms with E-state index in [2.05, 4.69) is 20.8 Å². The number of carbonyl (C=O) groups excluding carboxylic acids is 2. The summed E-state index contributed by atoms with van der Waals surface area (Å²) >= 11 is 1.12. The second kappa shape index (κ2) is 10.8. The molecule has 0 fully saturated rings. The van der Waals surface area contributed by atoms with E-state index in [4.69, 9.17) is 4.74 Å². The fraction of sp³-hybridized carbons (Fsp3) is 0.273. The molecule has 0 spiro atoms. The Morgan fingerprint density at radius 2 is 1.91 bits per heavy atom. The third-order valence-corrected chi connectivity index (χ3v) is 5.95. The van der Waals surface area contributed by atoms with E-state index in [1.807, 2.05) is 19.1 Å². The number of nitro benzene ring substituents is 1. The molecule has 0 aliphatic rings. The summed E-state index contributed by atoms with van der Waals surface area (Å²) < 4.78 is 6.68. The predicted octanol–water partition coefficient (Wildman–Crippen LogP) is 3.26. The summed E-state index contributed by atoms with van der Waals surface area (Å²) in [5.41, 5.74) is 1.41. The minimum Gasteiger partial charge on any atom is -0.496 e. The summed E-state index contributed by atoms with van der Waals surface area (Å²) in [4.78, 5) is 35.6. The SMILES string of the molecule is COc1ccc(NC(=O)CSc2nnc([C@@H](C)NC(=O)c3ccc(C)cc3)n2C)c([N+](=O)[O-])c1. The van der Waals surface area contributed by atoms with Crippen molar-refractivity contribution in [1.29, 1.82) is 0 Å². The van der Waals surface area contributed by atoms with Crippen LogP contribution in [0.1, 0.15) is 34.7 Å². The molecule has 12 heteroatoms. The summed E-state index contributed by atoms with van der Waals surface area (Å²) in [7, 11) is 3.14. The minimum atomic E-state index is -0.591. The van der Waals surface area contributed by atoms with Crippen LogP contribution in [0, 0.1) is 17.0 Å². The van der Waals surface area contributed by atoms with Crippen molar-refractivity contribution in [3.8, 4) is 5.75 Å². The number of nitrogens with zero attached hydrogens (tertiary/aromatic N) is 4. The van der Waals surface area contributed by atoms with Crippen LogP contribution in [0.25, 0.3) is 0 Å². The van der Waals surface area contributed by atoms with Crippen LogP contribution >= 0.6 is 11.8 Å². The highest BCUT2D eigenvalue weighted by molar-refractivity contribution is 7.99. The average Bonchev–Trinajstić information content (AvgIpc) is 3.18. The molecule has 1 atom stereocenters. The number of anilines is 1. The maximum Gasteiger partial charge on any atom is 0.296 e. The van der Waals surface area contributed by atoms with E-state index < -0.39 is 16.9 Å². The molecule has 2 aromatic carbocycles. The summed E-state index contributed by atoms with van der Waals surface area (Å²) in [6, 6.07) is 11.0.